The lowest BCUT2D eigenvalue weighted by molar-refractivity contribution is -0.136. The Balaban J connectivity index is 1.37. The molecular weight excluding hydrogens is 783 g/mol. The Bertz CT molecular complexity index is 1600. The zero-order valence-electron chi connectivity index (χ0n) is 24.5. The Morgan fingerprint density at radius 3 is 2.67 bits per heavy atom. The number of hydrogen-bond donors (Lipinski definition) is 4. The number of nitrogens with zero attached hydrogens (tertiary/aromatic N) is 1. The molecule has 4 rings (SSSR count). The van der Waals surface area contributed by atoms with Crippen molar-refractivity contribution in [3.05, 3.63) is 95.6 Å². The molecule has 14 heteroatoms. The molecule has 0 unspecified atom stereocenters. The van der Waals surface area contributed by atoms with Crippen LogP contribution in [0.25, 0.3) is 0 Å². The van der Waals surface area contributed by atoms with Crippen LogP contribution in [0.1, 0.15) is 36.6 Å². The summed E-state index contributed by atoms with van der Waals surface area (Å²) >= 11 is 12.0. The lowest BCUT2D eigenvalue weighted by atomic mass is 9.95. The first-order chi connectivity index (χ1) is 21.6. The van der Waals surface area contributed by atoms with Gasteiger partial charge in [0.25, 0.3) is 0 Å². The van der Waals surface area contributed by atoms with Gasteiger partial charge in [-0.3, -0.25) is 5.43 Å². The largest absolute Gasteiger partial charge is 0.490 e. The van der Waals surface area contributed by atoms with E-state index in [9.17, 15) is 14.7 Å². The van der Waals surface area contributed by atoms with Crippen molar-refractivity contribution < 1.29 is 33.6 Å². The number of esters is 1. The first kappa shape index (κ1) is 34.3. The van der Waals surface area contributed by atoms with Crippen LogP contribution in [0.3, 0.4) is 0 Å². The minimum absolute atomic E-state index is 0.149. The van der Waals surface area contributed by atoms with Gasteiger partial charge in [0.05, 0.1) is 39.6 Å². The fourth-order valence-corrected chi connectivity index (χ4v) is 6.34. The Labute approximate surface area is 287 Å². The predicted octanol–water partition coefficient (Wildman–Crippen LogP) is 5.81. The van der Waals surface area contributed by atoms with Crippen molar-refractivity contribution in [1.29, 1.82) is 0 Å². The smallest absolute Gasteiger partial charge is 0.337 e. The first-order valence-electron chi connectivity index (χ1n) is 13.7. The van der Waals surface area contributed by atoms with Gasteiger partial charge >= 0.3 is 12.0 Å². The number of benzene rings is 3. The van der Waals surface area contributed by atoms with Gasteiger partial charge < -0.3 is 34.7 Å². The van der Waals surface area contributed by atoms with E-state index in [1.165, 1.54) is 7.11 Å². The number of rotatable bonds is 13. The van der Waals surface area contributed by atoms with Gasteiger partial charge in [-0.1, -0.05) is 35.9 Å². The molecule has 0 bridgehead atoms. The number of aliphatic hydroxyl groups is 1. The van der Waals surface area contributed by atoms with Crippen molar-refractivity contribution in [3.63, 3.8) is 0 Å². The van der Waals surface area contributed by atoms with Crippen LogP contribution in [0.4, 0.5) is 4.79 Å². The maximum Gasteiger partial charge on any atom is 0.337 e. The molecule has 1 heterocycles. The third-order valence-electron chi connectivity index (χ3n) is 6.46. The molecule has 3 aromatic carbocycles. The molecule has 0 fully saturated rings. The van der Waals surface area contributed by atoms with Crippen molar-refractivity contribution in [2.24, 2.45) is 5.10 Å². The average molecular weight is 814 g/mol. The molecule has 238 valence electrons. The van der Waals surface area contributed by atoms with Crippen LogP contribution in [-0.2, 0) is 16.1 Å². The van der Waals surface area contributed by atoms with Gasteiger partial charge in [-0.05, 0) is 93.8 Å². The Morgan fingerprint density at radius 1 is 1.18 bits per heavy atom. The van der Waals surface area contributed by atoms with Gasteiger partial charge in [0.2, 0.25) is 0 Å². The van der Waals surface area contributed by atoms with Gasteiger partial charge in [0, 0.05) is 16.3 Å². The Hall–Kier alpha value is -3.53. The number of urea groups is 1. The number of ether oxygens (including phenoxy) is 4. The van der Waals surface area contributed by atoms with Crippen molar-refractivity contribution in [2.75, 3.05) is 20.3 Å². The molecule has 4 N–H and O–H groups in total. The maximum atomic E-state index is 12.4. The number of hydrogen-bond acceptors (Lipinski definition) is 9. The van der Waals surface area contributed by atoms with E-state index in [-0.39, 0.29) is 12.2 Å². The van der Waals surface area contributed by atoms with E-state index in [4.69, 9.17) is 30.5 Å². The Morgan fingerprint density at radius 2 is 1.96 bits per heavy atom. The second kappa shape index (κ2) is 16.2. The number of amides is 2. The summed E-state index contributed by atoms with van der Waals surface area (Å²) in [6, 6.07) is 15.1. The topological polar surface area (TPSA) is 140 Å². The summed E-state index contributed by atoms with van der Waals surface area (Å²) < 4.78 is 24.1. The minimum atomic E-state index is -1.14. The van der Waals surface area contributed by atoms with Crippen LogP contribution < -0.4 is 30.3 Å². The van der Waals surface area contributed by atoms with Gasteiger partial charge in [-0.15, -0.1) is 0 Å². The molecule has 0 aliphatic carbocycles. The molecule has 0 saturated carbocycles. The highest BCUT2D eigenvalue weighted by atomic mass is 127. The fraction of sp³-hybridized carbons (Fsp3) is 0.258. The third-order valence-corrected chi connectivity index (χ3v) is 8.22. The van der Waals surface area contributed by atoms with Gasteiger partial charge in [-0.25, -0.2) is 9.59 Å². The maximum absolute atomic E-state index is 12.4. The molecule has 0 saturated heterocycles. The van der Waals surface area contributed by atoms with E-state index in [2.05, 4.69) is 59.7 Å². The number of carbonyl (C=O) groups excluding carboxylic acids is 2. The summed E-state index contributed by atoms with van der Waals surface area (Å²) in [5, 5.41) is 20.6. The van der Waals surface area contributed by atoms with Crippen LogP contribution in [0.2, 0.25) is 5.02 Å². The molecule has 0 radical (unpaired) electrons. The van der Waals surface area contributed by atoms with E-state index in [0.29, 0.717) is 46.7 Å². The lowest BCUT2D eigenvalue weighted by Crippen LogP contribution is -2.45. The Kier molecular flexibility index (Phi) is 12.3. The summed E-state index contributed by atoms with van der Waals surface area (Å²) in [5.74, 6) is 0.840. The fourth-order valence-electron chi connectivity index (χ4n) is 4.38. The predicted molar refractivity (Wildman–Crippen MR) is 182 cm³/mol. The number of halogens is 3. The number of allylic oxidation sites excluding steroid dienone is 1. The highest BCUT2D eigenvalue weighted by molar-refractivity contribution is 14.1. The molecule has 45 heavy (non-hydrogen) atoms. The van der Waals surface area contributed by atoms with Gasteiger partial charge in [-0.2, -0.15) is 5.10 Å². The van der Waals surface area contributed by atoms with Crippen LogP contribution in [0, 0.1) is 3.57 Å². The van der Waals surface area contributed by atoms with Gasteiger partial charge in [0.1, 0.15) is 19.0 Å². The van der Waals surface area contributed by atoms with E-state index in [1.807, 2.05) is 43.3 Å². The van der Waals surface area contributed by atoms with E-state index in [1.54, 1.807) is 31.3 Å². The number of hydrazone groups is 1. The molecule has 2 atom stereocenters. The van der Waals surface area contributed by atoms with Crippen molar-refractivity contribution in [1.82, 2.24) is 16.1 Å². The highest BCUT2D eigenvalue weighted by Crippen LogP contribution is 2.35. The second-order valence-corrected chi connectivity index (χ2v) is 12.0. The zero-order chi connectivity index (χ0) is 32.5. The minimum Gasteiger partial charge on any atom is -0.490 e. The van der Waals surface area contributed by atoms with Crippen molar-refractivity contribution >= 4 is 68.3 Å². The van der Waals surface area contributed by atoms with Crippen LogP contribution in [-0.4, -0.2) is 49.9 Å². The summed E-state index contributed by atoms with van der Waals surface area (Å²) in [5.41, 5.74) is 5.54. The number of carbonyl (C=O) groups is 2. The molecular formula is C31H31BrClIN4O7. The molecule has 1 aliphatic rings. The quantitative estimate of drug-likeness (QED) is 0.0559. The second-order valence-electron chi connectivity index (χ2n) is 9.61. The SMILES string of the molecule is CCOc1cc([C@H]2NC(=O)NC(C)=C2C(=O)OC)ccc1OC[C@H](O)N/N=C\c1cc(Br)c(OCc2ccccc2Cl)c(I)c1. The third kappa shape index (κ3) is 9.02. The molecule has 0 spiro atoms. The van der Waals surface area contributed by atoms with Gasteiger partial charge in [0.15, 0.2) is 17.7 Å². The molecule has 1 aliphatic heterocycles. The number of aliphatic hydroxyl groups excluding tert-OH is 1. The molecule has 2 amide bonds. The van der Waals surface area contributed by atoms with E-state index >= 15 is 0 Å². The van der Waals surface area contributed by atoms with Crippen molar-refractivity contribution in [3.8, 4) is 17.2 Å². The van der Waals surface area contributed by atoms with E-state index in [0.717, 1.165) is 19.2 Å². The summed E-state index contributed by atoms with van der Waals surface area (Å²) in [7, 11) is 1.28. The zero-order valence-corrected chi connectivity index (χ0v) is 29.0. The molecule has 0 aromatic heterocycles. The summed E-state index contributed by atoms with van der Waals surface area (Å²) in [4.78, 5) is 24.6. The monoisotopic (exact) mass is 812 g/mol. The van der Waals surface area contributed by atoms with E-state index < -0.39 is 24.3 Å². The number of methoxy groups -OCH3 is 1. The lowest BCUT2D eigenvalue weighted by Gasteiger charge is -2.28. The first-order valence-corrected chi connectivity index (χ1v) is 15.9. The van der Waals surface area contributed by atoms with Crippen LogP contribution >= 0.6 is 50.1 Å². The standard InChI is InChI=1S/C31H31BrClIN4O7/c1-4-43-25-13-19(28-27(30(40)42-3)17(2)36-31(41)37-28)9-10-24(25)44-16-26(39)38-35-14-18-11-21(32)29(23(34)12-18)45-15-20-7-5-6-8-22(20)33/h5-14,26,28,38-39H,4,15-16H2,1-3H3,(H2,36,37,41)/b35-14-/t26-,28+/m0/s1. The highest BCUT2D eigenvalue weighted by Gasteiger charge is 2.32. The van der Waals surface area contributed by atoms with Crippen LogP contribution in [0.15, 0.2) is 75.4 Å². The molecule has 3 aromatic rings. The number of nitrogens with one attached hydrogen (secondary N) is 3. The summed E-state index contributed by atoms with van der Waals surface area (Å²) in [6.07, 6.45) is 0.423. The summed E-state index contributed by atoms with van der Waals surface area (Å²) in [6.45, 7) is 3.95. The molecule has 11 nitrogen and oxygen atoms in total. The van der Waals surface area contributed by atoms with Crippen molar-refractivity contribution in [2.45, 2.75) is 32.7 Å². The normalized spacial score (nSPS) is 15.3. The van der Waals surface area contributed by atoms with Crippen LogP contribution in [0.5, 0.6) is 17.2 Å². The average Bonchev–Trinajstić information content (AvgIpc) is 3.00.